The molecular weight excluding hydrogens is 377 g/mol. The van der Waals surface area contributed by atoms with Crippen LogP contribution in [0.4, 0.5) is 10.1 Å². The molecule has 1 aromatic heterocycles. The van der Waals surface area contributed by atoms with E-state index in [4.69, 9.17) is 0 Å². The van der Waals surface area contributed by atoms with Gasteiger partial charge in [0.25, 0.3) is 5.91 Å². The fraction of sp³-hybridized carbons (Fsp3) is 0.429. The summed E-state index contributed by atoms with van der Waals surface area (Å²) in [6.07, 6.45) is 2.54. The third kappa shape index (κ3) is 4.32. The van der Waals surface area contributed by atoms with Crippen molar-refractivity contribution in [2.75, 3.05) is 24.5 Å². The van der Waals surface area contributed by atoms with Crippen molar-refractivity contribution in [1.82, 2.24) is 0 Å². The van der Waals surface area contributed by atoms with Crippen LogP contribution in [0.25, 0.3) is 0 Å². The van der Waals surface area contributed by atoms with Gasteiger partial charge in [0.15, 0.2) is 6.04 Å². The molecule has 28 heavy (non-hydrogen) atoms. The number of benzene rings is 1. The summed E-state index contributed by atoms with van der Waals surface area (Å²) >= 11 is 1.82. The van der Waals surface area contributed by atoms with E-state index in [-0.39, 0.29) is 30.1 Å². The maximum Gasteiger partial charge on any atom is 0.292 e. The highest BCUT2D eigenvalue weighted by atomic mass is 32.1. The minimum atomic E-state index is -0.376. The SMILES string of the molecule is O=C1C[C@H]([NH2+]CC2CC[NH+](Cc3cccs3)CC2)C(=O)N1c1ccc(F)cc1. The molecule has 2 aliphatic rings. The largest absolute Gasteiger partial charge is 0.335 e. The Morgan fingerprint density at radius 1 is 1.14 bits per heavy atom. The molecule has 3 N–H and O–H groups in total. The Hall–Kier alpha value is -2.09. The number of nitrogens with two attached hydrogens (primary N) is 1. The Kier molecular flexibility index (Phi) is 5.85. The summed E-state index contributed by atoms with van der Waals surface area (Å²) in [6, 6.07) is 9.48. The zero-order valence-electron chi connectivity index (χ0n) is 15.8. The van der Waals surface area contributed by atoms with E-state index >= 15 is 0 Å². The third-order valence-electron chi connectivity index (χ3n) is 5.84. The number of thiophene rings is 1. The van der Waals surface area contributed by atoms with E-state index in [2.05, 4.69) is 17.5 Å². The van der Waals surface area contributed by atoms with Crippen LogP contribution in [0, 0.1) is 11.7 Å². The number of carbonyl (C=O) groups excluding carboxylic acids is 2. The molecule has 2 aromatic rings. The second kappa shape index (κ2) is 8.51. The normalized spacial score (nSPS) is 25.5. The van der Waals surface area contributed by atoms with Crippen LogP contribution in [-0.4, -0.2) is 37.5 Å². The van der Waals surface area contributed by atoms with E-state index in [0.29, 0.717) is 11.6 Å². The molecule has 2 aliphatic heterocycles. The molecular formula is C21H26FN3O2S+2. The lowest BCUT2D eigenvalue weighted by atomic mass is 9.96. The number of nitrogens with zero attached hydrogens (tertiary/aromatic N) is 1. The number of hydrogen-bond donors (Lipinski definition) is 2. The Balaban J connectivity index is 1.26. The second-order valence-corrected chi connectivity index (χ2v) is 8.81. The smallest absolute Gasteiger partial charge is 0.292 e. The van der Waals surface area contributed by atoms with E-state index in [1.165, 1.54) is 34.0 Å². The van der Waals surface area contributed by atoms with Crippen LogP contribution in [0.15, 0.2) is 41.8 Å². The van der Waals surface area contributed by atoms with Gasteiger partial charge >= 0.3 is 0 Å². The van der Waals surface area contributed by atoms with Crippen molar-refractivity contribution in [2.24, 2.45) is 5.92 Å². The Morgan fingerprint density at radius 3 is 2.57 bits per heavy atom. The van der Waals surface area contributed by atoms with Gasteiger partial charge in [0, 0.05) is 18.8 Å². The first-order chi connectivity index (χ1) is 13.6. The van der Waals surface area contributed by atoms with Gasteiger partial charge in [-0.05, 0) is 35.7 Å². The molecule has 0 spiro atoms. The first-order valence-corrected chi connectivity index (χ1v) is 10.8. The van der Waals surface area contributed by atoms with Gasteiger partial charge in [0.1, 0.15) is 12.4 Å². The fourth-order valence-electron chi connectivity index (χ4n) is 4.22. The van der Waals surface area contributed by atoms with Crippen molar-refractivity contribution in [1.29, 1.82) is 0 Å². The molecule has 0 aliphatic carbocycles. The van der Waals surface area contributed by atoms with Crippen LogP contribution in [-0.2, 0) is 16.1 Å². The standard InChI is InChI=1S/C21H24FN3O2S/c22-16-3-5-17(6-4-16)25-20(26)12-19(21(25)27)23-13-15-7-9-24(10-8-15)14-18-2-1-11-28-18/h1-6,11,15,19,23H,7-10,12-14H2/p+2/t19-/m0/s1. The lowest BCUT2D eigenvalue weighted by molar-refractivity contribution is -0.920. The molecule has 0 saturated carbocycles. The van der Waals surface area contributed by atoms with Gasteiger partial charge in [-0.2, -0.15) is 0 Å². The summed E-state index contributed by atoms with van der Waals surface area (Å²) in [7, 11) is 0. The van der Waals surface area contributed by atoms with E-state index < -0.39 is 0 Å². The van der Waals surface area contributed by atoms with Crippen LogP contribution in [0.2, 0.25) is 0 Å². The van der Waals surface area contributed by atoms with Gasteiger partial charge in [-0.1, -0.05) is 6.07 Å². The number of rotatable bonds is 6. The van der Waals surface area contributed by atoms with Crippen molar-refractivity contribution in [3.8, 4) is 0 Å². The lowest BCUT2D eigenvalue weighted by Crippen LogP contribution is -3.12. The van der Waals surface area contributed by atoms with Crippen LogP contribution >= 0.6 is 11.3 Å². The van der Waals surface area contributed by atoms with E-state index in [1.54, 1.807) is 4.90 Å². The predicted molar refractivity (Wildman–Crippen MR) is 106 cm³/mol. The van der Waals surface area contributed by atoms with Crippen LogP contribution in [0.5, 0.6) is 0 Å². The molecule has 2 amide bonds. The molecule has 0 radical (unpaired) electrons. The zero-order valence-corrected chi connectivity index (χ0v) is 16.6. The van der Waals surface area contributed by atoms with E-state index in [1.807, 2.05) is 16.7 Å². The number of carbonyl (C=O) groups is 2. The second-order valence-electron chi connectivity index (χ2n) is 7.78. The van der Waals surface area contributed by atoms with E-state index in [0.717, 1.165) is 39.0 Å². The quantitative estimate of drug-likeness (QED) is 0.694. The average Bonchev–Trinajstić information content (AvgIpc) is 3.30. The molecule has 1 atom stereocenters. The maximum atomic E-state index is 13.1. The number of hydrogen-bond acceptors (Lipinski definition) is 3. The molecule has 2 saturated heterocycles. The molecule has 1 aromatic carbocycles. The highest BCUT2D eigenvalue weighted by Crippen LogP contribution is 2.22. The highest BCUT2D eigenvalue weighted by molar-refractivity contribution is 7.09. The minimum absolute atomic E-state index is 0.183. The van der Waals surface area contributed by atoms with Crippen molar-refractivity contribution in [3.05, 3.63) is 52.5 Å². The van der Waals surface area contributed by atoms with Gasteiger partial charge < -0.3 is 10.2 Å². The number of imide groups is 1. The van der Waals surface area contributed by atoms with Gasteiger partial charge in [-0.15, -0.1) is 11.3 Å². The lowest BCUT2D eigenvalue weighted by Gasteiger charge is -2.28. The summed E-state index contributed by atoms with van der Waals surface area (Å²) in [4.78, 5) is 29.3. The minimum Gasteiger partial charge on any atom is -0.335 e. The Bertz CT molecular complexity index is 817. The number of anilines is 1. The molecule has 148 valence electrons. The monoisotopic (exact) mass is 403 g/mol. The van der Waals surface area contributed by atoms with Crippen LogP contribution in [0.1, 0.15) is 24.1 Å². The molecule has 5 nitrogen and oxygen atoms in total. The molecule has 4 rings (SSSR count). The van der Waals surface area contributed by atoms with Gasteiger partial charge in [-0.3, -0.25) is 9.59 Å². The fourth-order valence-corrected chi connectivity index (χ4v) is 4.99. The molecule has 2 fully saturated rings. The summed E-state index contributed by atoms with van der Waals surface area (Å²) < 4.78 is 13.1. The topological polar surface area (TPSA) is 58.4 Å². The van der Waals surface area contributed by atoms with Gasteiger partial charge in [0.2, 0.25) is 5.91 Å². The first-order valence-electron chi connectivity index (χ1n) is 9.92. The van der Waals surface area contributed by atoms with Gasteiger partial charge in [-0.25, -0.2) is 9.29 Å². The van der Waals surface area contributed by atoms with Crippen LogP contribution < -0.4 is 15.1 Å². The Labute approximate surface area is 168 Å². The Morgan fingerprint density at radius 2 is 1.89 bits per heavy atom. The summed E-state index contributed by atoms with van der Waals surface area (Å²) in [5.74, 6) is -0.168. The number of piperidine rings is 1. The number of likely N-dealkylation sites (tertiary alicyclic amines) is 1. The van der Waals surface area contributed by atoms with E-state index in [9.17, 15) is 14.0 Å². The number of amides is 2. The summed E-state index contributed by atoms with van der Waals surface area (Å²) in [5.41, 5.74) is 0.456. The predicted octanol–water partition coefficient (Wildman–Crippen LogP) is 0.578. The number of halogens is 1. The van der Waals surface area contributed by atoms with Crippen molar-refractivity contribution >= 4 is 28.8 Å². The summed E-state index contributed by atoms with van der Waals surface area (Å²) in [5, 5.41) is 4.17. The van der Waals surface area contributed by atoms with Crippen molar-refractivity contribution in [2.45, 2.75) is 31.8 Å². The third-order valence-corrected chi connectivity index (χ3v) is 6.71. The highest BCUT2D eigenvalue weighted by Gasteiger charge is 2.42. The van der Waals surface area contributed by atoms with Crippen LogP contribution in [0.3, 0.4) is 0 Å². The van der Waals surface area contributed by atoms with Gasteiger partial charge in [0.05, 0.1) is 36.6 Å². The van der Waals surface area contributed by atoms with Crippen molar-refractivity contribution in [3.63, 3.8) is 0 Å². The zero-order chi connectivity index (χ0) is 19.5. The van der Waals surface area contributed by atoms with Crippen molar-refractivity contribution < 1.29 is 24.2 Å². The molecule has 0 unspecified atom stereocenters. The maximum absolute atomic E-state index is 13.1. The molecule has 3 heterocycles. The molecule has 0 bridgehead atoms. The molecule has 7 heteroatoms. The number of quaternary nitrogens is 2. The number of nitrogens with one attached hydrogen (secondary N) is 1. The average molecular weight is 404 g/mol. The first kappa shape index (κ1) is 19.2. The summed E-state index contributed by atoms with van der Waals surface area (Å²) in [6.45, 7) is 4.31.